The number of halogens is 1. The molecule has 4 aliphatic rings. The number of piperazine rings is 1. The molecule has 3 saturated heterocycles. The van der Waals surface area contributed by atoms with Crippen molar-refractivity contribution in [3.8, 4) is 17.8 Å². The minimum absolute atomic E-state index is 0.0749. The number of amides is 2. The molecular formula is C53H73ClN12O10. The Balaban J connectivity index is 0.919. The lowest BCUT2D eigenvalue weighted by molar-refractivity contribution is -0.140. The van der Waals surface area contributed by atoms with Crippen molar-refractivity contribution in [3.63, 3.8) is 0 Å². The number of rotatable bonds is 22. The Kier molecular flexibility index (Phi) is 21.2. The number of carboxylic acids is 3. The number of nitrogens with zero attached hydrogens (tertiary/aromatic N) is 11. The molecule has 0 radical (unpaired) electrons. The van der Waals surface area contributed by atoms with E-state index in [4.69, 9.17) is 26.3 Å². The van der Waals surface area contributed by atoms with Crippen LogP contribution in [0.2, 0.25) is 5.02 Å². The molecule has 412 valence electrons. The molecule has 0 spiro atoms. The van der Waals surface area contributed by atoms with E-state index >= 15 is 0 Å². The van der Waals surface area contributed by atoms with Gasteiger partial charge >= 0.3 is 23.9 Å². The zero-order chi connectivity index (χ0) is 54.1. The van der Waals surface area contributed by atoms with Crippen molar-refractivity contribution in [2.45, 2.75) is 70.0 Å². The first-order chi connectivity index (χ1) is 36.7. The van der Waals surface area contributed by atoms with Gasteiger partial charge in [-0.15, -0.1) is 0 Å². The van der Waals surface area contributed by atoms with Gasteiger partial charge in [-0.1, -0.05) is 43.2 Å². The lowest BCUT2D eigenvalue weighted by Gasteiger charge is -2.42. The van der Waals surface area contributed by atoms with Crippen LogP contribution in [-0.4, -0.2) is 233 Å². The van der Waals surface area contributed by atoms with Gasteiger partial charge < -0.3 is 45.2 Å². The largest absolute Gasteiger partial charge is 0.508 e. The van der Waals surface area contributed by atoms with Crippen LogP contribution in [0.25, 0.3) is 10.8 Å². The average Bonchev–Trinajstić information content (AvgIpc) is 3.85. The maximum atomic E-state index is 13.2. The van der Waals surface area contributed by atoms with Crippen LogP contribution in [0.5, 0.6) is 11.8 Å². The summed E-state index contributed by atoms with van der Waals surface area (Å²) in [6.45, 7) is 10.8. The average molecular weight is 1070 g/mol. The predicted octanol–water partition coefficient (Wildman–Crippen LogP) is 2.66. The van der Waals surface area contributed by atoms with E-state index in [-0.39, 0.29) is 68.3 Å². The SMILES string of the molecule is C=CC(=O)N1CCN(c2nc(OC[C@@H]3CCCN3CCCCCCNC(=O)CN3CCN(CC(=O)O)CCN(CC(=O)O)CCN(CC(=O)O)CC3)nc3c2CCN(c2cc(O)cc4cccc(Cl)c24)C3)C[C@@H]1CC#N. The fourth-order valence-corrected chi connectivity index (χ4v) is 11.1. The molecule has 0 bridgehead atoms. The number of hydrogen-bond acceptors (Lipinski definition) is 17. The van der Waals surface area contributed by atoms with Gasteiger partial charge in [-0.05, 0) is 68.8 Å². The molecule has 2 atom stereocenters. The molecule has 2 amide bonds. The zero-order valence-electron chi connectivity index (χ0n) is 43.4. The number of phenolic OH excluding ortho intramolecular Hbond substituents is 1. The van der Waals surface area contributed by atoms with Crippen molar-refractivity contribution in [2.24, 2.45) is 0 Å². The summed E-state index contributed by atoms with van der Waals surface area (Å²) in [5.74, 6) is -2.52. The minimum Gasteiger partial charge on any atom is -0.508 e. The summed E-state index contributed by atoms with van der Waals surface area (Å²) in [5.41, 5.74) is 2.59. The molecule has 7 rings (SSSR count). The number of fused-ring (bicyclic) bond motifs is 2. The Labute approximate surface area is 449 Å². The second-order valence-corrected chi connectivity index (χ2v) is 20.5. The summed E-state index contributed by atoms with van der Waals surface area (Å²) >= 11 is 6.77. The quantitative estimate of drug-likeness (QED) is 0.0716. The predicted molar refractivity (Wildman–Crippen MR) is 286 cm³/mol. The first kappa shape index (κ1) is 57.4. The molecule has 3 aromatic rings. The van der Waals surface area contributed by atoms with Gasteiger partial charge in [0.2, 0.25) is 11.8 Å². The summed E-state index contributed by atoms with van der Waals surface area (Å²) in [5, 5.41) is 54.3. The van der Waals surface area contributed by atoms with Crippen molar-refractivity contribution in [2.75, 3.05) is 141 Å². The monoisotopic (exact) mass is 1070 g/mol. The van der Waals surface area contributed by atoms with Crippen LogP contribution in [0.4, 0.5) is 11.5 Å². The number of aromatic nitrogens is 2. The molecule has 1 aromatic heterocycles. The molecule has 3 fully saturated rings. The fourth-order valence-electron chi connectivity index (χ4n) is 10.9. The van der Waals surface area contributed by atoms with Gasteiger partial charge in [0, 0.05) is 108 Å². The number of nitrogens with one attached hydrogen (secondary N) is 1. The Morgan fingerprint density at radius 3 is 2.07 bits per heavy atom. The molecule has 5 heterocycles. The third-order valence-electron chi connectivity index (χ3n) is 14.8. The Morgan fingerprint density at radius 2 is 1.43 bits per heavy atom. The molecule has 0 aliphatic carbocycles. The molecule has 76 heavy (non-hydrogen) atoms. The van der Waals surface area contributed by atoms with Crippen LogP contribution >= 0.6 is 11.6 Å². The van der Waals surface area contributed by atoms with E-state index in [2.05, 4.69) is 32.7 Å². The van der Waals surface area contributed by atoms with E-state index in [0.29, 0.717) is 110 Å². The van der Waals surface area contributed by atoms with Gasteiger partial charge in [0.15, 0.2) is 0 Å². The van der Waals surface area contributed by atoms with E-state index in [1.165, 1.54) is 6.08 Å². The summed E-state index contributed by atoms with van der Waals surface area (Å²) in [6.07, 6.45) is 7.73. The van der Waals surface area contributed by atoms with E-state index < -0.39 is 17.9 Å². The maximum absolute atomic E-state index is 13.2. The number of aliphatic carboxylic acids is 3. The molecule has 0 saturated carbocycles. The van der Waals surface area contributed by atoms with Gasteiger partial charge in [-0.2, -0.15) is 15.2 Å². The Hall–Kier alpha value is -6.35. The Bertz CT molecular complexity index is 2540. The molecule has 0 unspecified atom stereocenters. The highest BCUT2D eigenvalue weighted by molar-refractivity contribution is 6.36. The number of aromatic hydroxyl groups is 1. The molecule has 4 aliphatic heterocycles. The number of ether oxygens (including phenoxy) is 1. The van der Waals surface area contributed by atoms with Gasteiger partial charge in [0.25, 0.3) is 0 Å². The third kappa shape index (κ3) is 16.3. The van der Waals surface area contributed by atoms with E-state index in [1.807, 2.05) is 23.1 Å². The highest BCUT2D eigenvalue weighted by Crippen LogP contribution is 2.39. The normalized spacial score (nSPS) is 19.8. The number of benzene rings is 2. The van der Waals surface area contributed by atoms with Crippen molar-refractivity contribution in [1.82, 2.24) is 44.7 Å². The number of unbranched alkanes of at least 4 members (excludes halogenated alkanes) is 3. The van der Waals surface area contributed by atoms with Crippen molar-refractivity contribution < 1.29 is 49.1 Å². The van der Waals surface area contributed by atoms with Crippen LogP contribution in [0.1, 0.15) is 56.2 Å². The van der Waals surface area contributed by atoms with Crippen molar-refractivity contribution in [3.05, 3.63) is 59.3 Å². The zero-order valence-corrected chi connectivity index (χ0v) is 44.1. The van der Waals surface area contributed by atoms with Crippen LogP contribution < -0.4 is 19.9 Å². The molecule has 5 N–H and O–H groups in total. The van der Waals surface area contributed by atoms with Crippen molar-refractivity contribution >= 4 is 63.6 Å². The standard InChI is InChI=1S/C53H73ClN12O10/c1-2-47(69)66-28-27-65(31-39(66)12-14-55)52-42-13-18-64(45-30-41(67)29-38-9-7-11-43(54)51(38)45)32-44(42)57-53(58-52)76-37-40-10-8-17-63(40)16-6-4-3-5-15-56-46(68)33-59-19-21-60(34-48(70)71)23-25-62(36-50(74)75)26-24-61(22-20-59)35-49(72)73/h2,7,9,11,29-30,39-40,67H,1,3-6,8,10,12-13,15-28,31-37H2,(H,56,68)(H,70,71)(H,72,73)(H,74,75)/t39-,40-/m0/s1. The molecule has 2 aromatic carbocycles. The maximum Gasteiger partial charge on any atom is 0.318 e. The minimum atomic E-state index is -1.02. The Morgan fingerprint density at radius 1 is 0.789 bits per heavy atom. The molecule has 22 nitrogen and oxygen atoms in total. The second-order valence-electron chi connectivity index (χ2n) is 20.1. The lowest BCUT2D eigenvalue weighted by Crippen LogP contribution is -2.55. The number of likely N-dealkylation sites (tertiary alicyclic amines) is 1. The first-order valence-corrected chi connectivity index (χ1v) is 26.8. The number of phenols is 1. The number of carboxylic acid groups (broad SMARTS) is 3. The van der Waals surface area contributed by atoms with E-state index in [9.17, 15) is 49.7 Å². The van der Waals surface area contributed by atoms with Crippen LogP contribution in [0.3, 0.4) is 0 Å². The number of nitriles is 1. The molecule has 23 heteroatoms. The number of hydrogen-bond donors (Lipinski definition) is 5. The summed E-state index contributed by atoms with van der Waals surface area (Å²) in [6, 6.07) is 11.4. The molecular weight excluding hydrogens is 1000 g/mol. The summed E-state index contributed by atoms with van der Waals surface area (Å²) in [4.78, 5) is 86.5. The van der Waals surface area contributed by atoms with Crippen LogP contribution in [-0.2, 0) is 36.9 Å². The van der Waals surface area contributed by atoms with E-state index in [1.54, 1.807) is 31.7 Å². The first-order valence-electron chi connectivity index (χ1n) is 26.5. The van der Waals surface area contributed by atoms with Crippen LogP contribution in [0, 0.1) is 11.3 Å². The van der Waals surface area contributed by atoms with Gasteiger partial charge in [-0.3, -0.25) is 48.5 Å². The number of carbonyl (C=O) groups is 5. The smallest absolute Gasteiger partial charge is 0.318 e. The third-order valence-corrected chi connectivity index (χ3v) is 15.1. The van der Waals surface area contributed by atoms with Crippen molar-refractivity contribution in [1.29, 1.82) is 5.26 Å². The lowest BCUT2D eigenvalue weighted by atomic mass is 10.0. The van der Waals surface area contributed by atoms with E-state index in [0.717, 1.165) is 85.1 Å². The van der Waals surface area contributed by atoms with Gasteiger partial charge in [-0.25, -0.2) is 0 Å². The van der Waals surface area contributed by atoms with Gasteiger partial charge in [0.1, 0.15) is 18.2 Å². The number of carbonyl (C=O) groups excluding carboxylic acids is 2. The van der Waals surface area contributed by atoms with Gasteiger partial charge in [0.05, 0.1) is 67.7 Å². The highest BCUT2D eigenvalue weighted by atomic mass is 35.5. The number of anilines is 2. The second kappa shape index (κ2) is 28.1. The fraction of sp³-hybridized carbons (Fsp3) is 0.585. The van der Waals surface area contributed by atoms with Crippen LogP contribution in [0.15, 0.2) is 43.0 Å². The highest BCUT2D eigenvalue weighted by Gasteiger charge is 2.34. The summed E-state index contributed by atoms with van der Waals surface area (Å²) in [7, 11) is 0. The topological polar surface area (TPSA) is 263 Å². The summed E-state index contributed by atoms with van der Waals surface area (Å²) < 4.78 is 6.53.